The summed E-state index contributed by atoms with van der Waals surface area (Å²) in [6.07, 6.45) is 44.3. The molecule has 3 heteroatoms. The van der Waals surface area contributed by atoms with Gasteiger partial charge in [-0.1, -0.05) is 187 Å². The van der Waals surface area contributed by atoms with Crippen LogP contribution in [0.15, 0.2) is 17.1 Å². The molecule has 41 heavy (non-hydrogen) atoms. The molecule has 3 nitrogen and oxygen atoms in total. The Balaban J connectivity index is 2.01. The zero-order chi connectivity index (χ0) is 29.6. The van der Waals surface area contributed by atoms with Crippen molar-refractivity contribution in [2.75, 3.05) is 6.54 Å². The summed E-state index contributed by atoms with van der Waals surface area (Å²) < 4.78 is 0. The minimum absolute atomic E-state index is 0.359. The van der Waals surface area contributed by atoms with Crippen LogP contribution >= 0.6 is 0 Å². The first-order valence-electron chi connectivity index (χ1n) is 18.9. The van der Waals surface area contributed by atoms with E-state index in [1.54, 1.807) is 0 Å². The predicted molar refractivity (Wildman–Crippen MR) is 184 cm³/mol. The molecule has 1 aliphatic heterocycles. The molecule has 0 saturated heterocycles. The van der Waals surface area contributed by atoms with Crippen LogP contribution in [0, 0.1) is 0 Å². The van der Waals surface area contributed by atoms with Crippen LogP contribution in [0.25, 0.3) is 0 Å². The van der Waals surface area contributed by atoms with E-state index in [9.17, 15) is 5.11 Å². The molecule has 1 N–H and O–H groups in total. The first-order chi connectivity index (χ1) is 20.2. The highest BCUT2D eigenvalue weighted by Gasteiger charge is 2.25. The van der Waals surface area contributed by atoms with E-state index in [0.29, 0.717) is 6.04 Å². The maximum atomic E-state index is 10.3. The number of aliphatic hydroxyl groups excluding tert-OH is 1. The van der Waals surface area contributed by atoms with Crippen molar-refractivity contribution in [1.82, 2.24) is 4.90 Å². The number of unbranched alkanes of at least 4 members (excludes halogenated alkanes) is 26. The average molecular weight is 575 g/mol. The summed E-state index contributed by atoms with van der Waals surface area (Å²) in [4.78, 5) is 7.08. The van der Waals surface area contributed by atoms with Gasteiger partial charge in [-0.2, -0.15) is 0 Å². The molecule has 1 heterocycles. The number of allylic oxidation sites excluding steroid dienone is 1. The van der Waals surface area contributed by atoms with Crippen molar-refractivity contribution in [2.45, 2.75) is 219 Å². The fourth-order valence-electron chi connectivity index (χ4n) is 6.30. The Morgan fingerprint density at radius 1 is 0.610 bits per heavy atom. The van der Waals surface area contributed by atoms with Crippen LogP contribution < -0.4 is 0 Å². The lowest BCUT2D eigenvalue weighted by Gasteiger charge is -2.22. The van der Waals surface area contributed by atoms with Crippen molar-refractivity contribution < 1.29 is 5.11 Å². The van der Waals surface area contributed by atoms with Gasteiger partial charge < -0.3 is 10.0 Å². The Labute approximate surface area is 258 Å². The summed E-state index contributed by atoms with van der Waals surface area (Å²) in [6, 6.07) is 0.359. The number of nitrogens with zero attached hydrogens (tertiary/aromatic N) is 2. The van der Waals surface area contributed by atoms with E-state index in [0.717, 1.165) is 25.2 Å². The van der Waals surface area contributed by atoms with Gasteiger partial charge in [0.1, 0.15) is 12.1 Å². The second-order valence-electron chi connectivity index (χ2n) is 13.2. The molecule has 0 radical (unpaired) electrons. The number of amidine groups is 1. The number of aliphatic hydroxyl groups is 1. The molecule has 0 spiro atoms. The lowest BCUT2D eigenvalue weighted by Crippen LogP contribution is -2.36. The van der Waals surface area contributed by atoms with Gasteiger partial charge in [0.25, 0.3) is 0 Å². The van der Waals surface area contributed by atoms with Crippen LogP contribution in [0.1, 0.15) is 207 Å². The van der Waals surface area contributed by atoms with Gasteiger partial charge in [0, 0.05) is 6.54 Å². The lowest BCUT2D eigenvalue weighted by atomic mass is 10.0. The third kappa shape index (κ3) is 23.3. The Morgan fingerprint density at radius 3 is 1.37 bits per heavy atom. The van der Waals surface area contributed by atoms with Crippen LogP contribution in [-0.4, -0.2) is 34.7 Å². The highest BCUT2D eigenvalue weighted by atomic mass is 16.3. The molecule has 0 saturated carbocycles. The van der Waals surface area contributed by atoms with Crippen molar-refractivity contribution in [3.63, 3.8) is 0 Å². The summed E-state index contributed by atoms with van der Waals surface area (Å²) in [5, 5.41) is 10.3. The van der Waals surface area contributed by atoms with Gasteiger partial charge >= 0.3 is 0 Å². The van der Waals surface area contributed by atoms with Crippen LogP contribution in [0.3, 0.4) is 0 Å². The van der Waals surface area contributed by atoms with Crippen LogP contribution in [-0.2, 0) is 0 Å². The molecule has 0 aromatic heterocycles. The molecular formula is C38H74N2O. The summed E-state index contributed by atoms with van der Waals surface area (Å²) in [7, 11) is 0. The average Bonchev–Trinajstić information content (AvgIpc) is 3.38. The Hall–Kier alpha value is -0.830. The van der Waals surface area contributed by atoms with Crippen molar-refractivity contribution in [3.8, 4) is 0 Å². The predicted octanol–water partition coefficient (Wildman–Crippen LogP) is 12.3. The van der Waals surface area contributed by atoms with E-state index in [1.165, 1.54) is 173 Å². The normalized spacial score (nSPS) is 16.2. The van der Waals surface area contributed by atoms with Crippen molar-refractivity contribution >= 4 is 5.84 Å². The van der Waals surface area contributed by atoms with E-state index in [-0.39, 0.29) is 0 Å². The summed E-state index contributed by atoms with van der Waals surface area (Å²) in [5.41, 5.74) is 0. The largest absolute Gasteiger partial charge is 0.374 e. The number of aliphatic imine (C=N–C) groups is 1. The minimum Gasteiger partial charge on any atom is -0.374 e. The Morgan fingerprint density at radius 2 is 0.976 bits per heavy atom. The molecule has 0 aliphatic carbocycles. The van der Waals surface area contributed by atoms with Gasteiger partial charge in [0.05, 0.1) is 6.04 Å². The maximum absolute atomic E-state index is 10.3. The van der Waals surface area contributed by atoms with E-state index in [1.807, 2.05) is 6.92 Å². The molecule has 2 atom stereocenters. The number of hydrogen-bond acceptors (Lipinski definition) is 3. The van der Waals surface area contributed by atoms with Crippen LogP contribution in [0.5, 0.6) is 0 Å². The van der Waals surface area contributed by atoms with Crippen LogP contribution in [0.4, 0.5) is 0 Å². The van der Waals surface area contributed by atoms with Crippen molar-refractivity contribution in [1.29, 1.82) is 0 Å². The van der Waals surface area contributed by atoms with E-state index in [2.05, 4.69) is 30.9 Å². The molecule has 1 rings (SSSR count). The third-order valence-corrected chi connectivity index (χ3v) is 9.10. The number of hydrogen-bond donors (Lipinski definition) is 1. The lowest BCUT2D eigenvalue weighted by molar-refractivity contribution is 0.0745. The zero-order valence-corrected chi connectivity index (χ0v) is 28.4. The molecule has 1 aliphatic rings. The number of rotatable bonds is 31. The summed E-state index contributed by atoms with van der Waals surface area (Å²) >= 11 is 0. The van der Waals surface area contributed by atoms with E-state index < -0.39 is 6.23 Å². The molecule has 242 valence electrons. The van der Waals surface area contributed by atoms with Gasteiger partial charge in [-0.05, 0) is 32.3 Å². The monoisotopic (exact) mass is 575 g/mol. The Bertz CT molecular complexity index is 599. The van der Waals surface area contributed by atoms with Crippen molar-refractivity contribution in [2.24, 2.45) is 4.99 Å². The van der Waals surface area contributed by atoms with Gasteiger partial charge in [-0.3, -0.25) is 4.99 Å². The molecule has 0 aromatic carbocycles. The highest BCUT2D eigenvalue weighted by molar-refractivity contribution is 5.94. The molecule has 2 unspecified atom stereocenters. The van der Waals surface area contributed by atoms with Gasteiger partial charge in [0.2, 0.25) is 0 Å². The fourth-order valence-corrected chi connectivity index (χ4v) is 6.30. The summed E-state index contributed by atoms with van der Waals surface area (Å²) in [5.74, 6) is 1.00. The van der Waals surface area contributed by atoms with Crippen molar-refractivity contribution in [3.05, 3.63) is 12.2 Å². The molecule has 0 aromatic rings. The third-order valence-electron chi connectivity index (χ3n) is 9.10. The van der Waals surface area contributed by atoms with Gasteiger partial charge in [0.15, 0.2) is 0 Å². The smallest absolute Gasteiger partial charge is 0.125 e. The SMILES string of the molecule is CCCCCCCCCCCCCCCC=CC1=NC(CCCCCCCCCCCCCCCC)CN1C(C)O. The quantitative estimate of drug-likeness (QED) is 0.0836. The standard InChI is InChI=1S/C38H74N2O/c1-4-6-8-10-12-14-16-18-20-22-24-26-28-30-32-34-38-39-37(35-40(38)36(3)41)33-31-29-27-25-23-21-19-17-15-13-11-9-7-5-2/h32,34,36-37,41H,4-31,33,35H2,1-3H3. The maximum Gasteiger partial charge on any atom is 0.125 e. The molecule has 0 fully saturated rings. The Kier molecular flexibility index (Phi) is 27.2. The second kappa shape index (κ2) is 29.3. The van der Waals surface area contributed by atoms with E-state index in [4.69, 9.17) is 4.99 Å². The highest BCUT2D eigenvalue weighted by Crippen LogP contribution is 2.20. The molecule has 0 bridgehead atoms. The minimum atomic E-state index is -0.448. The molecule has 0 amide bonds. The summed E-state index contributed by atoms with van der Waals surface area (Å²) in [6.45, 7) is 7.35. The van der Waals surface area contributed by atoms with Gasteiger partial charge in [-0.25, -0.2) is 0 Å². The second-order valence-corrected chi connectivity index (χ2v) is 13.2. The topological polar surface area (TPSA) is 35.8 Å². The van der Waals surface area contributed by atoms with Gasteiger partial charge in [-0.15, -0.1) is 0 Å². The zero-order valence-electron chi connectivity index (χ0n) is 28.4. The van der Waals surface area contributed by atoms with E-state index >= 15 is 0 Å². The fraction of sp³-hybridized carbons (Fsp3) is 0.921. The first-order valence-corrected chi connectivity index (χ1v) is 18.9. The first kappa shape index (κ1) is 38.2. The molecular weight excluding hydrogens is 500 g/mol. The van der Waals surface area contributed by atoms with Crippen LogP contribution in [0.2, 0.25) is 0 Å².